The molecule has 2 aromatic rings. The van der Waals surface area contributed by atoms with Gasteiger partial charge in [0.25, 0.3) is 0 Å². The summed E-state index contributed by atoms with van der Waals surface area (Å²) in [6.07, 6.45) is 1.44. The molecule has 6 heteroatoms. The highest BCUT2D eigenvalue weighted by Gasteiger charge is 2.12. The van der Waals surface area contributed by atoms with E-state index in [-0.39, 0.29) is 23.1 Å². The Labute approximate surface area is 121 Å². The molecule has 0 saturated carbocycles. The van der Waals surface area contributed by atoms with Crippen molar-refractivity contribution in [3.8, 4) is 23.4 Å². The van der Waals surface area contributed by atoms with E-state index in [1.807, 2.05) is 6.07 Å². The van der Waals surface area contributed by atoms with Crippen LogP contribution in [0.4, 0.5) is 0 Å². The molecule has 2 rings (SSSR count). The van der Waals surface area contributed by atoms with Gasteiger partial charge in [-0.2, -0.15) is 5.26 Å². The van der Waals surface area contributed by atoms with Crippen molar-refractivity contribution in [2.45, 2.75) is 6.61 Å². The van der Waals surface area contributed by atoms with Gasteiger partial charge in [0.05, 0.1) is 19.3 Å². The molecule has 0 fully saturated rings. The highest BCUT2D eigenvalue weighted by Crippen LogP contribution is 2.35. The number of hydrogen-bond acceptors (Lipinski definition) is 5. The predicted molar refractivity (Wildman–Crippen MR) is 73.0 cm³/mol. The van der Waals surface area contributed by atoms with Crippen LogP contribution in [-0.4, -0.2) is 17.2 Å². The molecule has 0 aliphatic carbocycles. The maximum Gasteiger partial charge on any atom is 0.239 e. The van der Waals surface area contributed by atoms with E-state index in [4.69, 9.17) is 31.4 Å². The van der Waals surface area contributed by atoms with E-state index >= 15 is 0 Å². The molecule has 0 spiro atoms. The van der Waals surface area contributed by atoms with Crippen LogP contribution >= 0.6 is 11.6 Å². The van der Waals surface area contributed by atoms with E-state index in [1.54, 1.807) is 18.2 Å². The molecular formula is C14H11ClN2O3. The quantitative estimate of drug-likeness (QED) is 0.937. The van der Waals surface area contributed by atoms with Gasteiger partial charge in [0.2, 0.25) is 5.88 Å². The van der Waals surface area contributed by atoms with Crippen molar-refractivity contribution < 1.29 is 14.6 Å². The summed E-state index contributed by atoms with van der Waals surface area (Å²) in [5.74, 6) is 0.965. The molecule has 0 aliphatic rings. The van der Waals surface area contributed by atoms with E-state index in [2.05, 4.69) is 4.98 Å². The number of benzene rings is 1. The van der Waals surface area contributed by atoms with E-state index in [1.165, 1.54) is 19.4 Å². The molecule has 0 atom stereocenters. The molecule has 0 radical (unpaired) electrons. The van der Waals surface area contributed by atoms with Crippen molar-refractivity contribution in [1.29, 1.82) is 5.26 Å². The number of aliphatic hydroxyl groups is 1. The van der Waals surface area contributed by atoms with Gasteiger partial charge in [-0.05, 0) is 23.8 Å². The summed E-state index contributed by atoms with van der Waals surface area (Å²) in [5.41, 5.74) is 0.974. The second-order valence-corrected chi connectivity index (χ2v) is 4.21. The molecule has 1 heterocycles. The van der Waals surface area contributed by atoms with Gasteiger partial charge in [0, 0.05) is 6.20 Å². The van der Waals surface area contributed by atoms with Gasteiger partial charge in [-0.25, -0.2) is 4.98 Å². The third kappa shape index (κ3) is 2.82. The number of aromatic nitrogens is 1. The van der Waals surface area contributed by atoms with Crippen molar-refractivity contribution in [2.24, 2.45) is 0 Å². The topological polar surface area (TPSA) is 75.4 Å². The Bertz CT molecular complexity index is 668. The monoisotopic (exact) mass is 290 g/mol. The molecule has 0 unspecified atom stereocenters. The zero-order valence-corrected chi connectivity index (χ0v) is 11.4. The van der Waals surface area contributed by atoms with Gasteiger partial charge in [0.1, 0.15) is 11.1 Å². The summed E-state index contributed by atoms with van der Waals surface area (Å²) in [6.45, 7) is -0.0977. The number of hydrogen-bond donors (Lipinski definition) is 1. The molecule has 5 nitrogen and oxygen atoms in total. The summed E-state index contributed by atoms with van der Waals surface area (Å²) in [4.78, 5) is 3.99. The Hall–Kier alpha value is -2.29. The fourth-order valence-electron chi connectivity index (χ4n) is 1.58. The van der Waals surface area contributed by atoms with Crippen LogP contribution < -0.4 is 9.47 Å². The zero-order chi connectivity index (χ0) is 14.5. The lowest BCUT2D eigenvalue weighted by Gasteiger charge is -2.11. The van der Waals surface area contributed by atoms with Crippen LogP contribution in [0.3, 0.4) is 0 Å². The molecule has 1 N–H and O–H groups in total. The van der Waals surface area contributed by atoms with Crippen LogP contribution in [0.2, 0.25) is 5.02 Å². The maximum absolute atomic E-state index is 9.08. The van der Waals surface area contributed by atoms with Crippen LogP contribution in [0.25, 0.3) is 0 Å². The van der Waals surface area contributed by atoms with Crippen LogP contribution in [0.5, 0.6) is 17.4 Å². The Balaban J connectivity index is 2.38. The van der Waals surface area contributed by atoms with Crippen molar-refractivity contribution in [3.63, 3.8) is 0 Å². The van der Waals surface area contributed by atoms with E-state index in [0.717, 1.165) is 0 Å². The minimum Gasteiger partial charge on any atom is -0.493 e. The predicted octanol–water partition coefficient (Wildman–Crippen LogP) is 2.90. The lowest BCUT2D eigenvalue weighted by molar-refractivity contribution is 0.280. The Morgan fingerprint density at radius 2 is 2.15 bits per heavy atom. The third-order valence-corrected chi connectivity index (χ3v) is 2.96. The van der Waals surface area contributed by atoms with Gasteiger partial charge in [-0.1, -0.05) is 17.7 Å². The van der Waals surface area contributed by atoms with Crippen molar-refractivity contribution in [3.05, 3.63) is 46.6 Å². The SMILES string of the molecule is COc1cc(CO)ccc1Oc1nccc(C#N)c1Cl. The van der Waals surface area contributed by atoms with Gasteiger partial charge in [0.15, 0.2) is 11.5 Å². The number of methoxy groups -OCH3 is 1. The second kappa shape index (κ2) is 6.24. The second-order valence-electron chi connectivity index (χ2n) is 3.83. The molecule has 0 aliphatic heterocycles. The molecule has 0 saturated heterocycles. The van der Waals surface area contributed by atoms with Crippen molar-refractivity contribution in [2.75, 3.05) is 7.11 Å². The van der Waals surface area contributed by atoms with Gasteiger partial charge in [-0.15, -0.1) is 0 Å². The molecule has 0 amide bonds. The summed E-state index contributed by atoms with van der Waals surface area (Å²) in [7, 11) is 1.49. The average molecular weight is 291 g/mol. The van der Waals surface area contributed by atoms with Crippen molar-refractivity contribution >= 4 is 11.6 Å². The number of nitrogens with zero attached hydrogens (tertiary/aromatic N) is 2. The zero-order valence-electron chi connectivity index (χ0n) is 10.6. The number of rotatable bonds is 4. The Kier molecular flexibility index (Phi) is 4.41. The van der Waals surface area contributed by atoms with Crippen molar-refractivity contribution in [1.82, 2.24) is 4.98 Å². The average Bonchev–Trinajstić information content (AvgIpc) is 2.49. The first-order valence-electron chi connectivity index (χ1n) is 5.69. The van der Waals surface area contributed by atoms with Gasteiger partial charge >= 0.3 is 0 Å². The standard InChI is InChI=1S/C14H11ClN2O3/c1-19-12-6-9(8-18)2-3-11(12)20-14-13(15)10(7-16)4-5-17-14/h2-6,18H,8H2,1H3. The number of ether oxygens (including phenoxy) is 2. The minimum absolute atomic E-state index is 0.0977. The fraction of sp³-hybridized carbons (Fsp3) is 0.143. The van der Waals surface area contributed by atoms with E-state index in [0.29, 0.717) is 17.1 Å². The first kappa shape index (κ1) is 14.1. The number of nitriles is 1. The number of pyridine rings is 1. The van der Waals surface area contributed by atoms with Crippen LogP contribution in [0, 0.1) is 11.3 Å². The molecule has 1 aromatic heterocycles. The molecule has 1 aromatic carbocycles. The minimum atomic E-state index is -0.0977. The summed E-state index contributed by atoms with van der Waals surface area (Å²) in [6, 6.07) is 8.44. The summed E-state index contributed by atoms with van der Waals surface area (Å²) < 4.78 is 10.8. The smallest absolute Gasteiger partial charge is 0.239 e. The lowest BCUT2D eigenvalue weighted by Crippen LogP contribution is -1.95. The Morgan fingerprint density at radius 1 is 1.35 bits per heavy atom. The summed E-state index contributed by atoms with van der Waals surface area (Å²) in [5, 5.41) is 18.1. The molecule has 102 valence electrons. The van der Waals surface area contributed by atoms with Crippen LogP contribution in [0.1, 0.15) is 11.1 Å². The molecule has 0 bridgehead atoms. The summed E-state index contributed by atoms with van der Waals surface area (Å²) >= 11 is 6.02. The fourth-order valence-corrected chi connectivity index (χ4v) is 1.77. The first-order valence-corrected chi connectivity index (χ1v) is 6.07. The van der Waals surface area contributed by atoms with E-state index in [9.17, 15) is 0 Å². The maximum atomic E-state index is 9.08. The van der Waals surface area contributed by atoms with Gasteiger partial charge in [-0.3, -0.25) is 0 Å². The highest BCUT2D eigenvalue weighted by atomic mass is 35.5. The van der Waals surface area contributed by atoms with Gasteiger partial charge < -0.3 is 14.6 Å². The Morgan fingerprint density at radius 3 is 2.80 bits per heavy atom. The highest BCUT2D eigenvalue weighted by molar-refractivity contribution is 6.33. The number of halogens is 1. The van der Waals surface area contributed by atoms with Crippen LogP contribution in [-0.2, 0) is 6.61 Å². The van der Waals surface area contributed by atoms with E-state index < -0.39 is 0 Å². The third-order valence-electron chi connectivity index (χ3n) is 2.59. The molecular weight excluding hydrogens is 280 g/mol. The van der Waals surface area contributed by atoms with Crippen LogP contribution in [0.15, 0.2) is 30.5 Å². The molecule has 20 heavy (non-hydrogen) atoms. The first-order chi connectivity index (χ1) is 9.69. The normalized spacial score (nSPS) is 9.90. The number of aliphatic hydroxyl groups excluding tert-OH is 1. The lowest BCUT2D eigenvalue weighted by atomic mass is 10.2. The largest absolute Gasteiger partial charge is 0.493 e.